The van der Waals surface area contributed by atoms with Gasteiger partial charge in [0, 0.05) is 7.05 Å². The summed E-state index contributed by atoms with van der Waals surface area (Å²) in [5, 5.41) is 1.06. The molecule has 0 N–H and O–H groups in total. The third-order valence-corrected chi connectivity index (χ3v) is 5.90. The van der Waals surface area contributed by atoms with Gasteiger partial charge >= 0.3 is 0 Å². The number of aryl methyl sites for hydroxylation is 1. The van der Waals surface area contributed by atoms with E-state index in [1.54, 1.807) is 22.7 Å². The highest BCUT2D eigenvalue weighted by atomic mass is 79.9. The number of hydrogen-bond donors (Lipinski definition) is 0. The van der Waals surface area contributed by atoms with Gasteiger partial charge in [0.15, 0.2) is 0 Å². The molecule has 0 saturated carbocycles. The number of rotatable bonds is 1. The first-order valence-corrected chi connectivity index (χ1v) is 8.11. The van der Waals surface area contributed by atoms with Crippen LogP contribution in [0.1, 0.15) is 0 Å². The van der Waals surface area contributed by atoms with Crippen LogP contribution in [0.15, 0.2) is 34.4 Å². The maximum absolute atomic E-state index is 4.71. The maximum atomic E-state index is 4.71. The van der Waals surface area contributed by atoms with Crippen LogP contribution in [0.2, 0.25) is 0 Å². The molecule has 0 aliphatic carbocycles. The Morgan fingerprint density at radius 1 is 1.16 bits per heavy atom. The van der Waals surface area contributed by atoms with E-state index in [2.05, 4.69) is 45.2 Å². The topological polar surface area (TPSA) is 30.7 Å². The minimum atomic E-state index is 1.02. The van der Waals surface area contributed by atoms with E-state index in [-0.39, 0.29) is 0 Å². The van der Waals surface area contributed by atoms with Crippen molar-refractivity contribution in [3.63, 3.8) is 0 Å². The van der Waals surface area contributed by atoms with E-state index in [4.69, 9.17) is 4.98 Å². The van der Waals surface area contributed by atoms with Gasteiger partial charge in [-0.2, -0.15) is 0 Å². The molecular formula is C13H8BrN3S2. The second kappa shape index (κ2) is 4.13. The number of thiophene rings is 1. The largest absolute Gasteiger partial charge is 0.334 e. The summed E-state index contributed by atoms with van der Waals surface area (Å²) in [6.07, 6.45) is 1.85. The zero-order valence-corrected chi connectivity index (χ0v) is 13.1. The van der Waals surface area contributed by atoms with Gasteiger partial charge in [-0.1, -0.05) is 0 Å². The van der Waals surface area contributed by atoms with Crippen LogP contribution in [0, 0.1) is 0 Å². The van der Waals surface area contributed by atoms with Gasteiger partial charge in [0.25, 0.3) is 0 Å². The molecule has 94 valence electrons. The molecule has 0 aliphatic heterocycles. The number of imidazole rings is 1. The van der Waals surface area contributed by atoms with Crippen molar-refractivity contribution >= 4 is 59.9 Å². The SMILES string of the molecule is Cn1cnc2c3sc(-c4ccc(Br)s4)nc3ccc21. The van der Waals surface area contributed by atoms with Gasteiger partial charge in [0.05, 0.1) is 30.7 Å². The molecule has 0 saturated heterocycles. The molecular weight excluding hydrogens is 342 g/mol. The van der Waals surface area contributed by atoms with Crippen LogP contribution in [0.5, 0.6) is 0 Å². The molecule has 3 nitrogen and oxygen atoms in total. The highest BCUT2D eigenvalue weighted by molar-refractivity contribution is 9.11. The Balaban J connectivity index is 2.03. The van der Waals surface area contributed by atoms with Crippen molar-refractivity contribution in [3.05, 3.63) is 34.4 Å². The van der Waals surface area contributed by atoms with Crippen LogP contribution in [0.4, 0.5) is 0 Å². The van der Waals surface area contributed by atoms with E-state index >= 15 is 0 Å². The van der Waals surface area contributed by atoms with Gasteiger partial charge < -0.3 is 4.57 Å². The Morgan fingerprint density at radius 3 is 2.84 bits per heavy atom. The molecule has 0 unspecified atom stereocenters. The average Bonchev–Trinajstić information content (AvgIpc) is 3.06. The molecule has 3 heterocycles. The van der Waals surface area contributed by atoms with Crippen molar-refractivity contribution in [3.8, 4) is 9.88 Å². The first kappa shape index (κ1) is 11.6. The molecule has 1 aromatic carbocycles. The van der Waals surface area contributed by atoms with Crippen molar-refractivity contribution in [2.24, 2.45) is 7.05 Å². The lowest BCUT2D eigenvalue weighted by molar-refractivity contribution is 0.948. The van der Waals surface area contributed by atoms with Crippen LogP contribution in [0.3, 0.4) is 0 Å². The molecule has 0 radical (unpaired) electrons. The van der Waals surface area contributed by atoms with Gasteiger partial charge in [0.1, 0.15) is 10.5 Å². The molecule has 4 aromatic rings. The Labute approximate surface area is 125 Å². The molecule has 4 rings (SSSR count). The summed E-state index contributed by atoms with van der Waals surface area (Å²) in [4.78, 5) is 10.4. The Bertz CT molecular complexity index is 903. The molecule has 0 atom stereocenters. The zero-order valence-electron chi connectivity index (χ0n) is 9.92. The molecule has 19 heavy (non-hydrogen) atoms. The van der Waals surface area contributed by atoms with Crippen molar-refractivity contribution in [1.29, 1.82) is 0 Å². The van der Waals surface area contributed by atoms with Crippen molar-refractivity contribution in [2.45, 2.75) is 0 Å². The van der Waals surface area contributed by atoms with Gasteiger partial charge in [-0.3, -0.25) is 0 Å². The van der Waals surface area contributed by atoms with Gasteiger partial charge in [0.2, 0.25) is 0 Å². The Kier molecular flexibility index (Phi) is 2.51. The lowest BCUT2D eigenvalue weighted by atomic mass is 10.3. The molecule has 3 aromatic heterocycles. The van der Waals surface area contributed by atoms with Crippen LogP contribution >= 0.6 is 38.6 Å². The number of thiazole rings is 1. The highest BCUT2D eigenvalue weighted by Crippen LogP contribution is 2.38. The summed E-state index contributed by atoms with van der Waals surface area (Å²) < 4.78 is 4.33. The Morgan fingerprint density at radius 2 is 2.05 bits per heavy atom. The van der Waals surface area contributed by atoms with Gasteiger partial charge in [-0.05, 0) is 40.2 Å². The molecule has 0 aliphatic rings. The lowest BCUT2D eigenvalue weighted by Gasteiger charge is -1.93. The van der Waals surface area contributed by atoms with Gasteiger partial charge in [-0.15, -0.1) is 22.7 Å². The Hall–Kier alpha value is -1.24. The predicted molar refractivity (Wildman–Crippen MR) is 84.9 cm³/mol. The first-order valence-electron chi connectivity index (χ1n) is 5.68. The number of aromatic nitrogens is 3. The molecule has 6 heteroatoms. The van der Waals surface area contributed by atoms with E-state index in [1.807, 2.05) is 17.9 Å². The monoisotopic (exact) mass is 349 g/mol. The summed E-state index contributed by atoms with van der Waals surface area (Å²) in [5.74, 6) is 0. The normalized spacial score (nSPS) is 11.7. The summed E-state index contributed by atoms with van der Waals surface area (Å²) in [6, 6.07) is 8.31. The quantitative estimate of drug-likeness (QED) is 0.499. The smallest absolute Gasteiger partial charge is 0.134 e. The van der Waals surface area contributed by atoms with E-state index < -0.39 is 0 Å². The van der Waals surface area contributed by atoms with E-state index in [1.165, 1.54) is 4.88 Å². The fraction of sp³-hybridized carbons (Fsp3) is 0.0769. The molecule has 0 fully saturated rings. The van der Waals surface area contributed by atoms with Crippen molar-refractivity contribution in [2.75, 3.05) is 0 Å². The van der Waals surface area contributed by atoms with Crippen LogP contribution in [0.25, 0.3) is 31.1 Å². The maximum Gasteiger partial charge on any atom is 0.134 e. The van der Waals surface area contributed by atoms with Crippen molar-refractivity contribution < 1.29 is 0 Å². The second-order valence-corrected chi connectivity index (χ2v) is 7.72. The van der Waals surface area contributed by atoms with Crippen LogP contribution < -0.4 is 0 Å². The summed E-state index contributed by atoms with van der Waals surface area (Å²) in [6.45, 7) is 0. The fourth-order valence-electron chi connectivity index (χ4n) is 2.12. The lowest BCUT2D eigenvalue weighted by Crippen LogP contribution is -1.82. The minimum absolute atomic E-state index is 1.02. The number of halogens is 1. The number of nitrogens with zero attached hydrogens (tertiary/aromatic N) is 3. The second-order valence-electron chi connectivity index (χ2n) is 4.26. The van der Waals surface area contributed by atoms with Crippen molar-refractivity contribution in [1.82, 2.24) is 14.5 Å². The number of benzene rings is 1. The summed E-state index contributed by atoms with van der Waals surface area (Å²) >= 11 is 6.91. The highest BCUT2D eigenvalue weighted by Gasteiger charge is 2.12. The molecule has 0 spiro atoms. The van der Waals surface area contributed by atoms with Gasteiger partial charge in [-0.25, -0.2) is 9.97 Å². The molecule has 0 amide bonds. The third-order valence-electron chi connectivity index (χ3n) is 3.03. The van der Waals surface area contributed by atoms with E-state index in [9.17, 15) is 0 Å². The average molecular weight is 350 g/mol. The number of hydrogen-bond acceptors (Lipinski definition) is 4. The first-order chi connectivity index (χ1) is 9.22. The fourth-order valence-corrected chi connectivity index (χ4v) is 4.62. The minimum Gasteiger partial charge on any atom is -0.334 e. The zero-order chi connectivity index (χ0) is 13.0. The summed E-state index contributed by atoms with van der Waals surface area (Å²) in [7, 11) is 2.01. The predicted octanol–water partition coefficient (Wildman–Crippen LogP) is 4.67. The van der Waals surface area contributed by atoms with E-state index in [0.29, 0.717) is 0 Å². The number of fused-ring (bicyclic) bond motifs is 3. The summed E-state index contributed by atoms with van der Waals surface area (Å²) in [5.41, 5.74) is 3.21. The van der Waals surface area contributed by atoms with Crippen LogP contribution in [-0.4, -0.2) is 14.5 Å². The van der Waals surface area contributed by atoms with E-state index in [0.717, 1.165) is 30.0 Å². The molecule has 0 bridgehead atoms. The third kappa shape index (κ3) is 1.74. The standard InChI is InChI=1S/C13H8BrN3S2/c1-17-6-15-11-8(17)3-2-7-12(11)19-13(16-7)9-4-5-10(14)18-9/h2-6H,1H3. The van der Waals surface area contributed by atoms with Crippen LogP contribution in [-0.2, 0) is 7.05 Å².